The molecule has 0 bridgehead atoms. The summed E-state index contributed by atoms with van der Waals surface area (Å²) in [5.41, 5.74) is 2.15. The Morgan fingerprint density at radius 3 is 2.30 bits per heavy atom. The minimum absolute atomic E-state index is 0.141. The fraction of sp³-hybridized carbons (Fsp3) is 0.438. The summed E-state index contributed by atoms with van der Waals surface area (Å²) >= 11 is 0. The summed E-state index contributed by atoms with van der Waals surface area (Å²) in [6, 6.07) is 9.65. The summed E-state index contributed by atoms with van der Waals surface area (Å²) in [7, 11) is 0. The van der Waals surface area contributed by atoms with Crippen LogP contribution < -0.4 is 10.3 Å². The minimum Gasteiger partial charge on any atom is -0.487 e. The molecule has 2 N–H and O–H groups in total. The smallest absolute Gasteiger partial charge is 0.264 e. The van der Waals surface area contributed by atoms with Crippen molar-refractivity contribution in [1.29, 1.82) is 0 Å². The Kier molecular flexibility index (Phi) is 4.02. The second-order valence-corrected chi connectivity index (χ2v) is 6.23. The molecule has 0 spiro atoms. The van der Waals surface area contributed by atoms with E-state index in [2.05, 4.69) is 50.0 Å². The number of ether oxygens (including phenoxy) is 1. The van der Waals surface area contributed by atoms with Crippen molar-refractivity contribution in [3.8, 4) is 5.75 Å². The molecule has 0 aliphatic rings. The molecule has 0 saturated carbocycles. The molecule has 4 heteroatoms. The topological polar surface area (TPSA) is 57.9 Å². The van der Waals surface area contributed by atoms with Gasteiger partial charge in [-0.1, -0.05) is 39.8 Å². The predicted octanol–water partition coefficient (Wildman–Crippen LogP) is 3.43. The van der Waals surface area contributed by atoms with Crippen molar-refractivity contribution in [2.75, 3.05) is 0 Å². The Bertz CT molecular complexity index is 602. The van der Waals surface area contributed by atoms with E-state index < -0.39 is 0 Å². The van der Waals surface area contributed by atoms with Gasteiger partial charge in [-0.3, -0.25) is 15.0 Å². The highest BCUT2D eigenvalue weighted by Gasteiger charge is 2.21. The first-order valence-corrected chi connectivity index (χ1v) is 6.85. The van der Waals surface area contributed by atoms with Crippen LogP contribution in [-0.2, 0) is 6.61 Å². The second-order valence-electron chi connectivity index (χ2n) is 6.23. The lowest BCUT2D eigenvalue weighted by molar-refractivity contribution is 0.300. The van der Waals surface area contributed by atoms with Gasteiger partial charge in [0.25, 0.3) is 5.56 Å². The molecule has 1 aromatic carbocycles. The fourth-order valence-electron chi connectivity index (χ4n) is 1.96. The quantitative estimate of drug-likeness (QED) is 0.897. The van der Waals surface area contributed by atoms with Crippen LogP contribution >= 0.6 is 0 Å². The zero-order valence-corrected chi connectivity index (χ0v) is 12.5. The van der Waals surface area contributed by atoms with E-state index >= 15 is 0 Å². The van der Waals surface area contributed by atoms with Gasteiger partial charge in [0.1, 0.15) is 12.4 Å². The van der Waals surface area contributed by atoms with E-state index in [4.69, 9.17) is 4.74 Å². The van der Waals surface area contributed by atoms with Gasteiger partial charge in [-0.2, -0.15) is 0 Å². The van der Waals surface area contributed by atoms with Crippen LogP contribution in [0.2, 0.25) is 0 Å². The third kappa shape index (κ3) is 3.53. The summed E-state index contributed by atoms with van der Waals surface area (Å²) in [4.78, 5) is 11.0. The maximum Gasteiger partial charge on any atom is 0.264 e. The number of aromatic amines is 2. The van der Waals surface area contributed by atoms with Gasteiger partial charge in [0.15, 0.2) is 0 Å². The van der Waals surface area contributed by atoms with E-state index in [9.17, 15) is 4.79 Å². The average molecular weight is 274 g/mol. The van der Waals surface area contributed by atoms with Crippen LogP contribution in [0.5, 0.6) is 5.75 Å². The maximum absolute atomic E-state index is 11.0. The van der Waals surface area contributed by atoms with Crippen LogP contribution in [0.4, 0.5) is 0 Å². The van der Waals surface area contributed by atoms with Crippen molar-refractivity contribution >= 4 is 0 Å². The lowest BCUT2D eigenvalue weighted by Gasteiger charge is -2.27. The van der Waals surface area contributed by atoms with Crippen molar-refractivity contribution < 1.29 is 4.74 Å². The van der Waals surface area contributed by atoms with Gasteiger partial charge in [0.2, 0.25) is 0 Å². The Labute approximate surface area is 119 Å². The average Bonchev–Trinajstić information content (AvgIpc) is 2.81. The van der Waals surface area contributed by atoms with Crippen LogP contribution in [-0.4, -0.2) is 10.2 Å². The van der Waals surface area contributed by atoms with Crippen LogP contribution in [0.15, 0.2) is 35.1 Å². The highest BCUT2D eigenvalue weighted by atomic mass is 16.5. The van der Waals surface area contributed by atoms with E-state index in [-0.39, 0.29) is 11.0 Å². The molecule has 1 heterocycles. The monoisotopic (exact) mass is 274 g/mol. The highest BCUT2D eigenvalue weighted by molar-refractivity contribution is 5.30. The fourth-order valence-corrected chi connectivity index (χ4v) is 1.96. The number of hydrogen-bond donors (Lipinski definition) is 2. The second kappa shape index (κ2) is 5.57. The van der Waals surface area contributed by atoms with Crippen molar-refractivity contribution in [1.82, 2.24) is 10.2 Å². The van der Waals surface area contributed by atoms with Crippen molar-refractivity contribution in [2.24, 2.45) is 5.41 Å². The molecule has 2 aromatic rings. The molecule has 0 saturated heterocycles. The Morgan fingerprint density at radius 2 is 1.80 bits per heavy atom. The molecule has 4 nitrogen and oxygen atoms in total. The van der Waals surface area contributed by atoms with Crippen LogP contribution in [0.3, 0.4) is 0 Å². The largest absolute Gasteiger partial charge is 0.487 e. The van der Waals surface area contributed by atoms with E-state index in [1.165, 1.54) is 11.6 Å². The van der Waals surface area contributed by atoms with Gasteiger partial charge < -0.3 is 4.74 Å². The Hall–Kier alpha value is -1.97. The molecule has 1 unspecified atom stereocenters. The molecule has 2 rings (SSSR count). The summed E-state index contributed by atoms with van der Waals surface area (Å²) in [5.74, 6) is 1.29. The molecular weight excluding hydrogens is 252 g/mol. The summed E-state index contributed by atoms with van der Waals surface area (Å²) in [5, 5.41) is 5.25. The number of rotatable bonds is 4. The number of hydrogen-bond acceptors (Lipinski definition) is 2. The normalized spacial score (nSPS) is 13.2. The van der Waals surface area contributed by atoms with Crippen molar-refractivity contribution in [3.63, 3.8) is 0 Å². The third-order valence-electron chi connectivity index (χ3n) is 3.73. The molecule has 0 fully saturated rings. The lowest BCUT2D eigenvalue weighted by Crippen LogP contribution is -2.15. The molecule has 20 heavy (non-hydrogen) atoms. The number of benzene rings is 1. The molecule has 1 atom stereocenters. The minimum atomic E-state index is -0.141. The first-order valence-electron chi connectivity index (χ1n) is 6.85. The van der Waals surface area contributed by atoms with Gasteiger partial charge in [-0.25, -0.2) is 0 Å². The maximum atomic E-state index is 11.0. The molecular formula is C16H22N2O2. The molecule has 1 aromatic heterocycles. The first kappa shape index (κ1) is 14.4. The van der Waals surface area contributed by atoms with E-state index in [1.807, 2.05) is 12.1 Å². The van der Waals surface area contributed by atoms with Crippen LogP contribution in [0, 0.1) is 5.41 Å². The van der Waals surface area contributed by atoms with Gasteiger partial charge >= 0.3 is 0 Å². The van der Waals surface area contributed by atoms with Gasteiger partial charge in [0.05, 0.1) is 5.69 Å². The summed E-state index contributed by atoms with van der Waals surface area (Å²) < 4.78 is 5.64. The van der Waals surface area contributed by atoms with Crippen LogP contribution in [0.25, 0.3) is 0 Å². The van der Waals surface area contributed by atoms with Crippen molar-refractivity contribution in [3.05, 3.63) is 51.9 Å². The van der Waals surface area contributed by atoms with E-state index in [1.54, 1.807) is 0 Å². The van der Waals surface area contributed by atoms with E-state index in [0.29, 0.717) is 12.5 Å². The van der Waals surface area contributed by atoms with Crippen LogP contribution in [0.1, 0.15) is 44.9 Å². The zero-order valence-electron chi connectivity index (χ0n) is 12.5. The molecule has 108 valence electrons. The first-order chi connectivity index (χ1) is 9.36. The van der Waals surface area contributed by atoms with Gasteiger partial charge in [0, 0.05) is 6.07 Å². The standard InChI is InChI=1S/C16H22N2O2/c1-11(16(2,3)4)12-5-7-14(8-6-12)20-10-13-9-15(19)18-17-13/h5-9,11H,10H2,1-4H3,(H2,17,18,19). The molecule has 0 radical (unpaired) electrons. The van der Waals surface area contributed by atoms with Crippen molar-refractivity contribution in [2.45, 2.75) is 40.2 Å². The predicted molar refractivity (Wildman–Crippen MR) is 80.1 cm³/mol. The number of H-pyrrole nitrogens is 2. The Morgan fingerprint density at radius 1 is 1.15 bits per heavy atom. The highest BCUT2D eigenvalue weighted by Crippen LogP contribution is 2.34. The summed E-state index contributed by atoms with van der Waals surface area (Å²) in [6.45, 7) is 9.31. The SMILES string of the molecule is CC(c1ccc(OCc2cc(=O)[nH][nH]2)cc1)C(C)(C)C. The molecule has 0 aliphatic heterocycles. The molecule has 0 aliphatic carbocycles. The number of aromatic nitrogens is 2. The zero-order chi connectivity index (χ0) is 14.8. The van der Waals surface area contributed by atoms with Gasteiger partial charge in [-0.15, -0.1) is 0 Å². The third-order valence-corrected chi connectivity index (χ3v) is 3.73. The van der Waals surface area contributed by atoms with E-state index in [0.717, 1.165) is 11.4 Å². The summed E-state index contributed by atoms with van der Waals surface area (Å²) in [6.07, 6.45) is 0. The molecule has 0 amide bonds. The number of nitrogens with one attached hydrogen (secondary N) is 2. The van der Waals surface area contributed by atoms with Gasteiger partial charge in [-0.05, 0) is 29.0 Å². The lowest BCUT2D eigenvalue weighted by atomic mass is 9.78. The Balaban J connectivity index is 2.00.